The first-order chi connectivity index (χ1) is 10.7. The van der Waals surface area contributed by atoms with Crippen molar-refractivity contribution < 1.29 is 14.3 Å². The average molecular weight is 320 g/mol. The van der Waals surface area contributed by atoms with Crippen LogP contribution in [0.2, 0.25) is 0 Å². The van der Waals surface area contributed by atoms with Gasteiger partial charge in [0.05, 0.1) is 6.04 Å². The number of nitrogens with zero attached hydrogens (tertiary/aromatic N) is 3. The molecule has 1 unspecified atom stereocenters. The van der Waals surface area contributed by atoms with Gasteiger partial charge in [-0.05, 0) is 19.8 Å². The lowest BCUT2D eigenvalue weighted by Crippen LogP contribution is -2.31. The average Bonchev–Trinajstić information content (AvgIpc) is 3.25. The number of carbonyl (C=O) groups is 1. The summed E-state index contributed by atoms with van der Waals surface area (Å²) in [4.78, 5) is 19.7. The van der Waals surface area contributed by atoms with E-state index in [4.69, 9.17) is 9.47 Å². The van der Waals surface area contributed by atoms with E-state index in [9.17, 15) is 4.79 Å². The Morgan fingerprint density at radius 1 is 1.45 bits per heavy atom. The molecule has 7 nitrogen and oxygen atoms in total. The molecule has 2 aliphatic heterocycles. The number of hydrogen-bond acceptors (Lipinski definition) is 6. The molecule has 2 aromatic rings. The second kappa shape index (κ2) is 5.28. The number of ether oxygens (including phenoxy) is 2. The van der Waals surface area contributed by atoms with E-state index in [0.29, 0.717) is 42.0 Å². The van der Waals surface area contributed by atoms with Gasteiger partial charge in [-0.25, -0.2) is 4.98 Å². The maximum absolute atomic E-state index is 12.9. The van der Waals surface area contributed by atoms with Gasteiger partial charge >= 0.3 is 0 Å². The van der Waals surface area contributed by atoms with Gasteiger partial charge in [-0.3, -0.25) is 9.89 Å². The van der Waals surface area contributed by atoms with Crippen LogP contribution in [0.5, 0.6) is 11.5 Å². The normalized spacial score (nSPS) is 20.4. The summed E-state index contributed by atoms with van der Waals surface area (Å²) in [5.41, 5.74) is 0. The number of rotatable bonds is 2. The molecular formula is C14H16N4O3S. The Labute approximate surface area is 131 Å². The van der Waals surface area contributed by atoms with E-state index in [-0.39, 0.29) is 11.9 Å². The van der Waals surface area contributed by atoms with Crippen molar-refractivity contribution in [2.45, 2.75) is 25.8 Å². The summed E-state index contributed by atoms with van der Waals surface area (Å²) in [7, 11) is 0. The number of nitrogens with one attached hydrogen (secondary N) is 1. The van der Waals surface area contributed by atoms with Gasteiger partial charge in [0.2, 0.25) is 0 Å². The fourth-order valence-electron chi connectivity index (χ4n) is 2.93. The highest BCUT2D eigenvalue weighted by Crippen LogP contribution is 2.42. The smallest absolute Gasteiger partial charge is 0.268 e. The molecule has 1 atom stereocenters. The zero-order valence-electron chi connectivity index (χ0n) is 12.2. The van der Waals surface area contributed by atoms with E-state index in [2.05, 4.69) is 15.2 Å². The number of amides is 1. The van der Waals surface area contributed by atoms with Crippen LogP contribution in [0.15, 0.2) is 5.38 Å². The Morgan fingerprint density at radius 3 is 3.14 bits per heavy atom. The largest absolute Gasteiger partial charge is 0.485 e. The summed E-state index contributed by atoms with van der Waals surface area (Å²) in [5, 5.41) is 8.90. The minimum absolute atomic E-state index is 0.0262. The highest BCUT2D eigenvalue weighted by atomic mass is 32.1. The lowest BCUT2D eigenvalue weighted by atomic mass is 10.2. The second-order valence-electron chi connectivity index (χ2n) is 5.39. The Balaban J connectivity index is 1.63. The molecule has 8 heteroatoms. The Morgan fingerprint density at radius 2 is 2.32 bits per heavy atom. The molecule has 1 amide bonds. The number of fused-ring (bicyclic) bond motifs is 1. The third kappa shape index (κ3) is 2.14. The van der Waals surface area contributed by atoms with Crippen molar-refractivity contribution in [1.82, 2.24) is 20.1 Å². The van der Waals surface area contributed by atoms with Gasteiger partial charge < -0.3 is 14.4 Å². The first kappa shape index (κ1) is 13.6. The van der Waals surface area contributed by atoms with Gasteiger partial charge in [0.1, 0.15) is 23.9 Å². The molecule has 0 aromatic carbocycles. The van der Waals surface area contributed by atoms with Crippen molar-refractivity contribution in [1.29, 1.82) is 0 Å². The van der Waals surface area contributed by atoms with Crippen LogP contribution in [0, 0.1) is 6.92 Å². The number of hydrogen-bond donors (Lipinski definition) is 1. The summed E-state index contributed by atoms with van der Waals surface area (Å²) in [6.07, 6.45) is 1.84. The first-order valence-corrected chi connectivity index (χ1v) is 8.19. The highest BCUT2D eigenvalue weighted by Gasteiger charge is 2.36. The first-order valence-electron chi connectivity index (χ1n) is 7.31. The SMILES string of the molecule is Cc1nc(C2CCCN2C(=O)c2scc3c2OCCO3)n[nH]1. The number of thiophene rings is 1. The third-order valence-electron chi connectivity index (χ3n) is 3.92. The standard InChI is InChI=1S/C14H16N4O3S/c1-8-15-13(17-16-8)9-3-2-4-18(9)14(19)12-11-10(7-22-12)20-5-6-21-11/h7,9H,2-6H2,1H3,(H,15,16,17). The molecule has 0 aliphatic carbocycles. The van der Waals surface area contributed by atoms with Crippen molar-refractivity contribution in [2.75, 3.05) is 19.8 Å². The predicted molar refractivity (Wildman–Crippen MR) is 79.4 cm³/mol. The van der Waals surface area contributed by atoms with E-state index in [1.54, 1.807) is 0 Å². The minimum Gasteiger partial charge on any atom is -0.485 e. The van der Waals surface area contributed by atoms with Gasteiger partial charge in [0.15, 0.2) is 17.3 Å². The highest BCUT2D eigenvalue weighted by molar-refractivity contribution is 7.12. The third-order valence-corrected chi connectivity index (χ3v) is 4.85. The van der Waals surface area contributed by atoms with Crippen molar-refractivity contribution in [2.24, 2.45) is 0 Å². The number of aromatic nitrogens is 3. The quantitative estimate of drug-likeness (QED) is 0.914. The fraction of sp³-hybridized carbons (Fsp3) is 0.500. The Kier molecular flexibility index (Phi) is 3.25. The molecule has 22 heavy (non-hydrogen) atoms. The van der Waals surface area contributed by atoms with Gasteiger partial charge in [-0.1, -0.05) is 0 Å². The molecule has 2 aromatic heterocycles. The Bertz CT molecular complexity index is 711. The molecule has 0 saturated carbocycles. The molecule has 0 spiro atoms. The van der Waals surface area contributed by atoms with E-state index < -0.39 is 0 Å². The lowest BCUT2D eigenvalue weighted by molar-refractivity contribution is 0.0726. The maximum Gasteiger partial charge on any atom is 0.268 e. The van der Waals surface area contributed by atoms with Crippen LogP contribution in [0.4, 0.5) is 0 Å². The van der Waals surface area contributed by atoms with Crippen molar-refractivity contribution in [3.05, 3.63) is 21.9 Å². The van der Waals surface area contributed by atoms with Crippen molar-refractivity contribution >= 4 is 17.2 Å². The van der Waals surface area contributed by atoms with E-state index in [0.717, 1.165) is 18.7 Å². The number of carbonyl (C=O) groups excluding carboxylic acids is 1. The number of H-pyrrole nitrogens is 1. The van der Waals surface area contributed by atoms with Gasteiger partial charge in [0, 0.05) is 11.9 Å². The van der Waals surface area contributed by atoms with Crippen LogP contribution in [-0.2, 0) is 0 Å². The van der Waals surface area contributed by atoms with E-state index >= 15 is 0 Å². The monoisotopic (exact) mass is 320 g/mol. The van der Waals surface area contributed by atoms with Crippen LogP contribution in [0.25, 0.3) is 0 Å². The van der Waals surface area contributed by atoms with Crippen LogP contribution in [0.1, 0.15) is 40.2 Å². The zero-order valence-corrected chi connectivity index (χ0v) is 13.0. The molecule has 1 fully saturated rings. The molecular weight excluding hydrogens is 304 g/mol. The zero-order chi connectivity index (χ0) is 15.1. The molecule has 1 N–H and O–H groups in total. The molecule has 4 rings (SSSR count). The maximum atomic E-state index is 12.9. The summed E-state index contributed by atoms with van der Waals surface area (Å²) in [5.74, 6) is 2.68. The van der Waals surface area contributed by atoms with Crippen LogP contribution >= 0.6 is 11.3 Å². The molecule has 4 heterocycles. The van der Waals surface area contributed by atoms with Gasteiger partial charge in [-0.2, -0.15) is 5.10 Å². The second-order valence-corrected chi connectivity index (χ2v) is 6.27. The van der Waals surface area contributed by atoms with Crippen LogP contribution in [-0.4, -0.2) is 45.7 Å². The molecule has 1 saturated heterocycles. The van der Waals surface area contributed by atoms with Crippen molar-refractivity contribution in [3.63, 3.8) is 0 Å². The van der Waals surface area contributed by atoms with Crippen LogP contribution < -0.4 is 9.47 Å². The summed E-state index contributed by atoms with van der Waals surface area (Å²) >= 11 is 1.37. The summed E-state index contributed by atoms with van der Waals surface area (Å²) in [6.45, 7) is 3.58. The lowest BCUT2D eigenvalue weighted by Gasteiger charge is -2.23. The Hall–Kier alpha value is -2.09. The summed E-state index contributed by atoms with van der Waals surface area (Å²) in [6, 6.07) is -0.0697. The van der Waals surface area contributed by atoms with E-state index in [1.165, 1.54) is 11.3 Å². The molecule has 0 radical (unpaired) electrons. The number of likely N-dealkylation sites (tertiary alicyclic amines) is 1. The van der Waals surface area contributed by atoms with Gasteiger partial charge in [0.25, 0.3) is 5.91 Å². The predicted octanol–water partition coefficient (Wildman–Crippen LogP) is 1.92. The molecule has 2 aliphatic rings. The minimum atomic E-state index is -0.0697. The van der Waals surface area contributed by atoms with Crippen LogP contribution in [0.3, 0.4) is 0 Å². The fourth-order valence-corrected chi connectivity index (χ4v) is 3.81. The number of aryl methyl sites for hydroxylation is 1. The number of aromatic amines is 1. The topological polar surface area (TPSA) is 80.3 Å². The van der Waals surface area contributed by atoms with E-state index in [1.807, 2.05) is 17.2 Å². The summed E-state index contributed by atoms with van der Waals surface area (Å²) < 4.78 is 11.1. The molecule has 116 valence electrons. The van der Waals surface area contributed by atoms with Crippen molar-refractivity contribution in [3.8, 4) is 11.5 Å². The molecule has 0 bridgehead atoms. The van der Waals surface area contributed by atoms with Gasteiger partial charge in [-0.15, -0.1) is 11.3 Å².